The zero-order valence-electron chi connectivity index (χ0n) is 12.6. The Labute approximate surface area is 130 Å². The van der Waals surface area contributed by atoms with Crippen molar-refractivity contribution in [3.8, 4) is 11.5 Å². The molecule has 0 aromatic heterocycles. The zero-order chi connectivity index (χ0) is 15.1. The lowest BCUT2D eigenvalue weighted by atomic mass is 10.0. The molecule has 1 aromatic carbocycles. The van der Waals surface area contributed by atoms with Crippen LogP contribution in [0.25, 0.3) is 0 Å². The topological polar surface area (TPSA) is 44.8 Å². The molecule has 1 aromatic rings. The fourth-order valence-electron chi connectivity index (χ4n) is 2.26. The molecule has 0 saturated carbocycles. The quantitative estimate of drug-likeness (QED) is 0.538. The van der Waals surface area contributed by atoms with Crippen LogP contribution >= 0.6 is 12.0 Å². The van der Waals surface area contributed by atoms with Crippen molar-refractivity contribution in [3.05, 3.63) is 23.3 Å². The molecule has 1 heterocycles. The average Bonchev–Trinajstić information content (AvgIpc) is 2.93. The Hall–Kier alpha value is -1.36. The van der Waals surface area contributed by atoms with Crippen LogP contribution in [-0.2, 0) is 21.8 Å². The number of hydrogen-bond donors (Lipinski definition) is 0. The second-order valence-corrected chi connectivity index (χ2v) is 5.77. The Morgan fingerprint density at radius 2 is 1.95 bits per heavy atom. The number of benzene rings is 1. The second kappa shape index (κ2) is 8.17. The van der Waals surface area contributed by atoms with E-state index in [1.807, 2.05) is 6.92 Å². The number of hydrogen-bond acceptors (Lipinski definition) is 5. The maximum Gasteiger partial charge on any atom is 0.317 e. The van der Waals surface area contributed by atoms with Crippen molar-refractivity contribution in [2.24, 2.45) is 0 Å². The molecule has 1 aliphatic rings. The van der Waals surface area contributed by atoms with E-state index in [-0.39, 0.29) is 5.97 Å². The Bertz CT molecular complexity index is 487. The summed E-state index contributed by atoms with van der Waals surface area (Å²) in [6.07, 6.45) is 4.23. The molecule has 0 aliphatic carbocycles. The summed E-state index contributed by atoms with van der Waals surface area (Å²) < 4.78 is 15.9. The van der Waals surface area contributed by atoms with Gasteiger partial charge in [0, 0.05) is 12.2 Å². The van der Waals surface area contributed by atoms with Crippen LogP contribution in [0.15, 0.2) is 12.1 Å². The molecule has 1 aliphatic heterocycles. The summed E-state index contributed by atoms with van der Waals surface area (Å²) >= 11 is 1.25. The minimum absolute atomic E-state index is 0.125. The van der Waals surface area contributed by atoms with Crippen molar-refractivity contribution in [2.75, 3.05) is 12.5 Å². The van der Waals surface area contributed by atoms with E-state index in [4.69, 9.17) is 13.7 Å². The third-order valence-corrected chi connectivity index (χ3v) is 4.11. The van der Waals surface area contributed by atoms with Crippen LogP contribution in [0.3, 0.4) is 0 Å². The highest BCUT2D eigenvalue weighted by atomic mass is 32.2. The first-order valence-corrected chi connectivity index (χ1v) is 8.39. The lowest BCUT2D eigenvalue weighted by Crippen LogP contribution is -1.99. The predicted octanol–water partition coefficient (Wildman–Crippen LogP) is 3.90. The van der Waals surface area contributed by atoms with E-state index in [9.17, 15) is 4.79 Å². The van der Waals surface area contributed by atoms with Crippen LogP contribution in [0.4, 0.5) is 0 Å². The van der Waals surface area contributed by atoms with Crippen molar-refractivity contribution < 1.29 is 18.5 Å². The number of ether oxygens (including phenoxy) is 2. The molecule has 21 heavy (non-hydrogen) atoms. The molecule has 0 radical (unpaired) electrons. The van der Waals surface area contributed by atoms with Gasteiger partial charge in [-0.2, -0.15) is 0 Å². The molecule has 0 atom stereocenters. The van der Waals surface area contributed by atoms with E-state index in [1.165, 1.54) is 23.2 Å². The van der Waals surface area contributed by atoms with Gasteiger partial charge < -0.3 is 13.7 Å². The lowest BCUT2D eigenvalue weighted by molar-refractivity contribution is -0.133. The molecular formula is C16H22O4S. The predicted molar refractivity (Wildman–Crippen MR) is 83.7 cm³/mol. The Balaban J connectivity index is 1.79. The van der Waals surface area contributed by atoms with Crippen molar-refractivity contribution in [2.45, 2.75) is 46.0 Å². The van der Waals surface area contributed by atoms with E-state index >= 15 is 0 Å². The van der Waals surface area contributed by atoms with Gasteiger partial charge in [-0.3, -0.25) is 4.79 Å². The normalized spacial score (nSPS) is 12.5. The molecular weight excluding hydrogens is 288 g/mol. The van der Waals surface area contributed by atoms with Crippen molar-refractivity contribution in [1.29, 1.82) is 0 Å². The summed E-state index contributed by atoms with van der Waals surface area (Å²) in [6.45, 7) is 4.42. The third-order valence-electron chi connectivity index (χ3n) is 3.36. The van der Waals surface area contributed by atoms with E-state index in [2.05, 4.69) is 19.1 Å². The van der Waals surface area contributed by atoms with Crippen molar-refractivity contribution >= 4 is 18.0 Å². The average molecular weight is 310 g/mol. The molecule has 0 fully saturated rings. The summed E-state index contributed by atoms with van der Waals surface area (Å²) in [4.78, 5) is 11.2. The van der Waals surface area contributed by atoms with Gasteiger partial charge in [0.2, 0.25) is 6.79 Å². The van der Waals surface area contributed by atoms with Gasteiger partial charge in [0.1, 0.15) is 0 Å². The Morgan fingerprint density at radius 3 is 2.62 bits per heavy atom. The standard InChI is InChI=1S/C16H22O4S/c1-3-6-16(17)20-21-8-5-7-13-10-15-14(18-11-19-15)9-12(13)4-2/h9-10H,3-8,11H2,1-2H3. The summed E-state index contributed by atoms with van der Waals surface area (Å²) in [5.74, 6) is 2.37. The van der Waals surface area contributed by atoms with Gasteiger partial charge in [0.15, 0.2) is 11.5 Å². The summed E-state index contributed by atoms with van der Waals surface area (Å²) in [5, 5.41) is 0. The van der Waals surface area contributed by atoms with Crippen molar-refractivity contribution in [3.63, 3.8) is 0 Å². The minimum Gasteiger partial charge on any atom is -0.454 e. The van der Waals surface area contributed by atoms with Gasteiger partial charge >= 0.3 is 5.97 Å². The fourth-order valence-corrected chi connectivity index (χ4v) is 2.82. The van der Waals surface area contributed by atoms with Gasteiger partial charge in [-0.15, -0.1) is 0 Å². The van der Waals surface area contributed by atoms with Gasteiger partial charge in [-0.05, 0) is 48.9 Å². The van der Waals surface area contributed by atoms with Crippen LogP contribution in [0.2, 0.25) is 0 Å². The Morgan fingerprint density at radius 1 is 1.24 bits per heavy atom. The van der Waals surface area contributed by atoms with E-state index in [0.29, 0.717) is 13.2 Å². The highest BCUT2D eigenvalue weighted by Gasteiger charge is 2.16. The molecule has 0 saturated heterocycles. The van der Waals surface area contributed by atoms with E-state index in [1.54, 1.807) is 0 Å². The van der Waals surface area contributed by atoms with Gasteiger partial charge in [0.25, 0.3) is 0 Å². The van der Waals surface area contributed by atoms with Crippen LogP contribution in [0.5, 0.6) is 11.5 Å². The second-order valence-electron chi connectivity index (χ2n) is 4.96. The monoisotopic (exact) mass is 310 g/mol. The lowest BCUT2D eigenvalue weighted by Gasteiger charge is -2.09. The highest BCUT2D eigenvalue weighted by Crippen LogP contribution is 2.35. The molecule has 0 spiro atoms. The van der Waals surface area contributed by atoms with Gasteiger partial charge in [-0.1, -0.05) is 13.8 Å². The molecule has 0 N–H and O–H groups in total. The van der Waals surface area contributed by atoms with Gasteiger partial charge in [0.05, 0.1) is 12.0 Å². The molecule has 2 rings (SSSR count). The van der Waals surface area contributed by atoms with Crippen LogP contribution in [-0.4, -0.2) is 18.5 Å². The number of rotatable bonds is 8. The maximum atomic E-state index is 11.2. The molecule has 0 amide bonds. The largest absolute Gasteiger partial charge is 0.454 e. The zero-order valence-corrected chi connectivity index (χ0v) is 13.5. The summed E-state index contributed by atoms with van der Waals surface area (Å²) in [6, 6.07) is 4.15. The SMILES string of the molecule is CCCC(=O)OSCCCc1cc2c(cc1CC)OCO2. The summed E-state index contributed by atoms with van der Waals surface area (Å²) in [7, 11) is 0. The maximum absolute atomic E-state index is 11.2. The number of carbonyl (C=O) groups excluding carboxylic acids is 1. The first kappa shape index (κ1) is 16.0. The fraction of sp³-hybridized carbons (Fsp3) is 0.562. The van der Waals surface area contributed by atoms with E-state index in [0.717, 1.165) is 42.9 Å². The molecule has 0 bridgehead atoms. The first-order chi connectivity index (χ1) is 10.2. The molecule has 4 nitrogen and oxygen atoms in total. The third kappa shape index (κ3) is 4.56. The van der Waals surface area contributed by atoms with Crippen LogP contribution in [0.1, 0.15) is 44.2 Å². The number of aryl methyl sites for hydroxylation is 2. The highest BCUT2D eigenvalue weighted by molar-refractivity contribution is 7.95. The first-order valence-electron chi connectivity index (χ1n) is 7.48. The van der Waals surface area contributed by atoms with Crippen LogP contribution in [0, 0.1) is 0 Å². The molecule has 5 heteroatoms. The van der Waals surface area contributed by atoms with E-state index < -0.39 is 0 Å². The minimum atomic E-state index is -0.125. The molecule has 116 valence electrons. The molecule has 0 unspecified atom stereocenters. The number of fused-ring (bicyclic) bond motifs is 1. The van der Waals surface area contributed by atoms with Gasteiger partial charge in [-0.25, -0.2) is 0 Å². The Kier molecular flexibility index (Phi) is 6.23. The van der Waals surface area contributed by atoms with Crippen LogP contribution < -0.4 is 9.47 Å². The van der Waals surface area contributed by atoms with Crippen molar-refractivity contribution in [1.82, 2.24) is 0 Å². The smallest absolute Gasteiger partial charge is 0.317 e. The number of carbonyl (C=O) groups is 1. The summed E-state index contributed by atoms with van der Waals surface area (Å²) in [5.41, 5.74) is 2.59.